The number of nitrogens with one attached hydrogen (secondary N) is 1. The van der Waals surface area contributed by atoms with Crippen molar-refractivity contribution in [2.75, 3.05) is 11.3 Å². The van der Waals surface area contributed by atoms with Gasteiger partial charge in [-0.25, -0.2) is 4.98 Å². The molecular formula is C36H51N3O2S. The smallest absolute Gasteiger partial charge is 0.237 e. The second kappa shape index (κ2) is 14.7. The number of aryl methyl sites for hydroxylation is 2. The summed E-state index contributed by atoms with van der Waals surface area (Å²) in [6, 6.07) is 17.3. The molecule has 2 heterocycles. The van der Waals surface area contributed by atoms with Crippen LogP contribution in [-0.4, -0.2) is 27.3 Å². The first-order valence-electron chi connectivity index (χ1n) is 16.0. The fraction of sp³-hybridized carbons (Fsp3) is 0.556. The van der Waals surface area contributed by atoms with Gasteiger partial charge in [0.05, 0.1) is 17.9 Å². The lowest BCUT2D eigenvalue weighted by Crippen LogP contribution is -2.40. The molecular weight excluding hydrogens is 538 g/mol. The van der Waals surface area contributed by atoms with E-state index in [-0.39, 0.29) is 0 Å². The molecule has 1 aliphatic heterocycles. The van der Waals surface area contributed by atoms with Crippen molar-refractivity contribution in [2.24, 2.45) is 17.8 Å². The molecule has 228 valence electrons. The lowest BCUT2D eigenvalue weighted by molar-refractivity contribution is -0.0454. The summed E-state index contributed by atoms with van der Waals surface area (Å²) in [5.41, 5.74) is 5.24. The Morgan fingerprint density at radius 3 is 2.31 bits per heavy atom. The minimum Gasteiger partial charge on any atom is -0.477 e. The molecule has 2 atom stereocenters. The highest BCUT2D eigenvalue weighted by Crippen LogP contribution is 2.45. The number of ether oxygens (including phenoxy) is 1. The van der Waals surface area contributed by atoms with E-state index in [2.05, 4.69) is 81.8 Å². The zero-order chi connectivity index (χ0) is 30.3. The van der Waals surface area contributed by atoms with Crippen LogP contribution in [0.3, 0.4) is 0 Å². The fourth-order valence-electron chi connectivity index (χ4n) is 6.41. The molecule has 0 saturated heterocycles. The summed E-state index contributed by atoms with van der Waals surface area (Å²) in [6.45, 7) is 15.3. The predicted octanol–water partition coefficient (Wildman–Crippen LogP) is 9.77. The van der Waals surface area contributed by atoms with E-state index in [1.165, 1.54) is 34.4 Å². The summed E-state index contributed by atoms with van der Waals surface area (Å²) >= 11 is 1.56. The van der Waals surface area contributed by atoms with E-state index in [1.807, 2.05) is 19.9 Å². The van der Waals surface area contributed by atoms with Gasteiger partial charge in [0.25, 0.3) is 0 Å². The van der Waals surface area contributed by atoms with E-state index in [4.69, 9.17) is 14.7 Å². The van der Waals surface area contributed by atoms with Gasteiger partial charge >= 0.3 is 0 Å². The van der Waals surface area contributed by atoms with Crippen molar-refractivity contribution in [1.29, 1.82) is 0 Å². The molecule has 1 aliphatic carbocycles. The first-order valence-corrected chi connectivity index (χ1v) is 16.8. The van der Waals surface area contributed by atoms with Crippen LogP contribution in [0.15, 0.2) is 53.4 Å². The number of hydrogen-bond donors (Lipinski definition) is 2. The molecule has 0 spiro atoms. The Labute approximate surface area is 258 Å². The second-order valence-electron chi connectivity index (χ2n) is 12.9. The third-order valence-corrected chi connectivity index (χ3v) is 9.56. The third kappa shape index (κ3) is 8.29. The van der Waals surface area contributed by atoms with Crippen LogP contribution in [0.2, 0.25) is 0 Å². The average molecular weight is 590 g/mol. The minimum atomic E-state index is -0.563. The lowest BCUT2D eigenvalue weighted by Gasteiger charge is -2.43. The summed E-state index contributed by atoms with van der Waals surface area (Å²) in [5, 5.41) is 10.4. The highest BCUT2D eigenvalue weighted by Gasteiger charge is 2.39. The van der Waals surface area contributed by atoms with Gasteiger partial charge in [0.1, 0.15) is 0 Å². The van der Waals surface area contributed by atoms with Gasteiger partial charge in [-0.3, -0.25) is 4.72 Å². The van der Waals surface area contributed by atoms with Crippen molar-refractivity contribution in [1.82, 2.24) is 9.97 Å². The van der Waals surface area contributed by atoms with Crippen molar-refractivity contribution in [2.45, 2.75) is 110 Å². The SMILES string of the molecule is CCC.CCCC1COc2cc(-c3c(C)cccc3C)nc(n2)NSc2cccc(c2)C1CCC1CC(C(C)(C)O)C1. The summed E-state index contributed by atoms with van der Waals surface area (Å²) in [7, 11) is 0. The third-order valence-electron chi connectivity index (χ3n) is 8.78. The summed E-state index contributed by atoms with van der Waals surface area (Å²) in [4.78, 5) is 10.8. The molecule has 2 aliphatic rings. The fourth-order valence-corrected chi connectivity index (χ4v) is 7.05. The van der Waals surface area contributed by atoms with Crippen LogP contribution in [0.1, 0.15) is 102 Å². The van der Waals surface area contributed by atoms with Gasteiger partial charge in [-0.15, -0.1) is 0 Å². The maximum Gasteiger partial charge on any atom is 0.237 e. The van der Waals surface area contributed by atoms with E-state index in [1.54, 1.807) is 11.9 Å². The van der Waals surface area contributed by atoms with Crippen molar-refractivity contribution >= 4 is 17.9 Å². The highest BCUT2D eigenvalue weighted by atomic mass is 32.2. The summed E-state index contributed by atoms with van der Waals surface area (Å²) < 4.78 is 9.89. The van der Waals surface area contributed by atoms with Crippen molar-refractivity contribution < 1.29 is 9.84 Å². The van der Waals surface area contributed by atoms with E-state index >= 15 is 0 Å². The normalized spacial score (nSPS) is 21.8. The summed E-state index contributed by atoms with van der Waals surface area (Å²) in [6.07, 6.45) is 8.08. The zero-order valence-corrected chi connectivity index (χ0v) is 27.6. The van der Waals surface area contributed by atoms with Gasteiger partial charge < -0.3 is 9.84 Å². The Morgan fingerprint density at radius 1 is 0.952 bits per heavy atom. The van der Waals surface area contributed by atoms with Crippen molar-refractivity contribution in [3.05, 3.63) is 65.2 Å². The predicted molar refractivity (Wildman–Crippen MR) is 177 cm³/mol. The van der Waals surface area contributed by atoms with Crippen LogP contribution < -0.4 is 9.46 Å². The van der Waals surface area contributed by atoms with Crippen LogP contribution in [0.25, 0.3) is 11.3 Å². The molecule has 1 aromatic heterocycles. The zero-order valence-electron chi connectivity index (χ0n) is 26.7. The molecule has 6 heteroatoms. The molecule has 1 saturated carbocycles. The van der Waals surface area contributed by atoms with Crippen LogP contribution >= 0.6 is 11.9 Å². The first kappa shape index (κ1) is 32.3. The number of aliphatic hydroxyl groups is 1. The highest BCUT2D eigenvalue weighted by molar-refractivity contribution is 8.00. The molecule has 5 rings (SSSR count). The molecule has 2 unspecified atom stereocenters. The van der Waals surface area contributed by atoms with Crippen molar-refractivity contribution in [3.63, 3.8) is 0 Å². The molecule has 2 aromatic carbocycles. The number of nitrogens with zero attached hydrogens (tertiary/aromatic N) is 2. The van der Waals surface area contributed by atoms with Gasteiger partial charge in [0.15, 0.2) is 0 Å². The van der Waals surface area contributed by atoms with Gasteiger partial charge in [-0.2, -0.15) is 4.98 Å². The molecule has 42 heavy (non-hydrogen) atoms. The Balaban J connectivity index is 0.00000129. The van der Waals surface area contributed by atoms with Crippen LogP contribution in [0.5, 0.6) is 5.88 Å². The largest absolute Gasteiger partial charge is 0.477 e. The second-order valence-corrected chi connectivity index (χ2v) is 13.8. The van der Waals surface area contributed by atoms with Crippen LogP contribution in [-0.2, 0) is 0 Å². The maximum absolute atomic E-state index is 10.4. The van der Waals surface area contributed by atoms with Crippen LogP contribution in [0.4, 0.5) is 5.95 Å². The van der Waals surface area contributed by atoms with Gasteiger partial charge in [-0.1, -0.05) is 63.9 Å². The lowest BCUT2D eigenvalue weighted by atomic mass is 9.65. The number of rotatable bonds is 7. The van der Waals surface area contributed by atoms with E-state index in [0.29, 0.717) is 42.1 Å². The molecule has 4 bridgehead atoms. The molecule has 5 nitrogen and oxygen atoms in total. The Hall–Kier alpha value is -2.57. The van der Waals surface area contributed by atoms with E-state index in [0.717, 1.165) is 43.4 Å². The van der Waals surface area contributed by atoms with Gasteiger partial charge in [0, 0.05) is 16.5 Å². The Kier molecular flexibility index (Phi) is 11.4. The van der Waals surface area contributed by atoms with Crippen LogP contribution in [0, 0.1) is 31.6 Å². The monoisotopic (exact) mass is 589 g/mol. The van der Waals surface area contributed by atoms with Gasteiger partial charge in [0.2, 0.25) is 11.8 Å². The average Bonchev–Trinajstić information content (AvgIpc) is 2.91. The topological polar surface area (TPSA) is 67.3 Å². The maximum atomic E-state index is 10.4. The van der Waals surface area contributed by atoms with E-state index < -0.39 is 5.60 Å². The van der Waals surface area contributed by atoms with Crippen molar-refractivity contribution in [3.8, 4) is 17.1 Å². The van der Waals surface area contributed by atoms with Gasteiger partial charge in [-0.05, 0) is 124 Å². The molecule has 3 aromatic rings. The summed E-state index contributed by atoms with van der Waals surface area (Å²) in [5.74, 6) is 3.14. The van der Waals surface area contributed by atoms with E-state index in [9.17, 15) is 5.11 Å². The number of aromatic nitrogens is 2. The first-order chi connectivity index (χ1) is 20.1. The number of benzene rings is 2. The standard InChI is InChI=1S/C33H43N3O2S.C3H8/c1-6-9-25-20-38-30-19-29(31-21(2)10-7-11-22(31)3)34-32(35-30)36-39-27-13-8-12-24(18-27)28(25)15-14-23-16-26(17-23)33(4,5)37;1-3-2/h7-8,10-13,18-19,23,25-26,28,37H,6,9,14-17,20H2,1-5H3,(H,34,35,36);3H2,1-2H3. The quantitative estimate of drug-likeness (QED) is 0.267. The minimum absolute atomic E-state index is 0.398. The Morgan fingerprint density at radius 2 is 1.64 bits per heavy atom. The molecule has 0 radical (unpaired) electrons. The molecule has 0 amide bonds. The number of hydrogen-bond acceptors (Lipinski definition) is 6. The number of anilines is 1. The number of fused-ring (bicyclic) bond motifs is 4. The Bertz CT molecular complexity index is 1280. The molecule has 1 fully saturated rings. The molecule has 2 N–H and O–H groups in total.